The second-order valence-electron chi connectivity index (χ2n) is 7.14. The molecule has 2 aliphatic rings. The average Bonchev–Trinajstić information content (AvgIpc) is 3.27. The summed E-state index contributed by atoms with van der Waals surface area (Å²) in [5, 5.41) is 4.21. The molecule has 25 heavy (non-hydrogen) atoms. The van der Waals surface area contributed by atoms with Crippen LogP contribution in [0.2, 0.25) is 0 Å². The van der Waals surface area contributed by atoms with Gasteiger partial charge in [0.15, 0.2) is 0 Å². The molecule has 2 saturated heterocycles. The van der Waals surface area contributed by atoms with Gasteiger partial charge in [0, 0.05) is 38.3 Å². The molecule has 2 aromatic rings. The number of hydrogen-bond acceptors (Lipinski definition) is 4. The van der Waals surface area contributed by atoms with Crippen LogP contribution in [-0.2, 0) is 11.2 Å². The van der Waals surface area contributed by atoms with E-state index < -0.39 is 0 Å². The third-order valence-electron chi connectivity index (χ3n) is 5.62. The van der Waals surface area contributed by atoms with Crippen LogP contribution >= 0.6 is 0 Å². The van der Waals surface area contributed by atoms with E-state index in [2.05, 4.69) is 5.16 Å². The first-order valence-electron chi connectivity index (χ1n) is 9.13. The largest absolute Gasteiger partial charge is 0.381 e. The summed E-state index contributed by atoms with van der Waals surface area (Å²) in [5.74, 6) is 0.733. The van der Waals surface area contributed by atoms with E-state index >= 15 is 0 Å². The molecule has 0 atom stereocenters. The zero-order valence-corrected chi connectivity index (χ0v) is 14.7. The molecule has 2 fully saturated rings. The minimum Gasteiger partial charge on any atom is -0.381 e. The molecule has 2 aliphatic heterocycles. The first-order valence-corrected chi connectivity index (χ1v) is 9.13. The Bertz CT molecular complexity index is 748. The van der Waals surface area contributed by atoms with E-state index in [-0.39, 0.29) is 11.3 Å². The lowest BCUT2D eigenvalue weighted by Crippen LogP contribution is -2.35. The third-order valence-corrected chi connectivity index (χ3v) is 5.62. The van der Waals surface area contributed by atoms with E-state index in [1.54, 1.807) is 0 Å². The van der Waals surface area contributed by atoms with Gasteiger partial charge in [-0.2, -0.15) is 0 Å². The highest BCUT2D eigenvalue weighted by molar-refractivity contribution is 6.01. The average molecular weight is 340 g/mol. The number of likely N-dealkylation sites (tertiary alicyclic amines) is 1. The van der Waals surface area contributed by atoms with Crippen LogP contribution in [-0.4, -0.2) is 42.3 Å². The Hall–Kier alpha value is -2.14. The molecular weight excluding hydrogens is 316 g/mol. The summed E-state index contributed by atoms with van der Waals surface area (Å²) in [7, 11) is 0. The lowest BCUT2D eigenvalue weighted by atomic mass is 9.80. The van der Waals surface area contributed by atoms with E-state index in [1.807, 2.05) is 42.2 Å². The summed E-state index contributed by atoms with van der Waals surface area (Å²) < 4.78 is 11.0. The lowest BCUT2D eigenvalue weighted by molar-refractivity contribution is 0.0190. The van der Waals surface area contributed by atoms with Crippen molar-refractivity contribution in [3.05, 3.63) is 41.7 Å². The smallest absolute Gasteiger partial charge is 0.259 e. The summed E-state index contributed by atoms with van der Waals surface area (Å²) in [6.07, 6.45) is 3.82. The minimum absolute atomic E-state index is 0.0559. The Balaban J connectivity index is 1.63. The maximum atomic E-state index is 13.3. The molecule has 0 bridgehead atoms. The van der Waals surface area contributed by atoms with E-state index in [0.29, 0.717) is 23.4 Å². The molecule has 0 saturated carbocycles. The fourth-order valence-corrected chi connectivity index (χ4v) is 4.06. The van der Waals surface area contributed by atoms with Crippen molar-refractivity contribution in [1.82, 2.24) is 10.1 Å². The molecule has 4 rings (SSSR count). The van der Waals surface area contributed by atoms with Crippen molar-refractivity contribution in [2.24, 2.45) is 5.41 Å². The van der Waals surface area contributed by atoms with E-state index in [9.17, 15) is 4.79 Å². The Morgan fingerprint density at radius 2 is 1.96 bits per heavy atom. The molecule has 3 heterocycles. The van der Waals surface area contributed by atoms with Crippen molar-refractivity contribution < 1.29 is 14.1 Å². The highest BCUT2D eigenvalue weighted by Crippen LogP contribution is 2.40. The van der Waals surface area contributed by atoms with Gasteiger partial charge in [0.05, 0.1) is 0 Å². The lowest BCUT2D eigenvalue weighted by Gasteiger charge is -2.33. The quantitative estimate of drug-likeness (QED) is 0.857. The second-order valence-corrected chi connectivity index (χ2v) is 7.14. The third kappa shape index (κ3) is 2.97. The van der Waals surface area contributed by atoms with Crippen molar-refractivity contribution >= 4 is 5.91 Å². The zero-order valence-electron chi connectivity index (χ0n) is 14.7. The maximum Gasteiger partial charge on any atom is 0.259 e. The molecule has 5 heteroatoms. The number of benzene rings is 1. The van der Waals surface area contributed by atoms with Crippen molar-refractivity contribution in [2.45, 2.75) is 32.6 Å². The fourth-order valence-electron chi connectivity index (χ4n) is 4.06. The number of aromatic nitrogens is 1. The van der Waals surface area contributed by atoms with Crippen molar-refractivity contribution in [3.8, 4) is 11.3 Å². The van der Waals surface area contributed by atoms with Gasteiger partial charge in [0.1, 0.15) is 17.0 Å². The van der Waals surface area contributed by atoms with E-state index in [1.165, 1.54) is 0 Å². The van der Waals surface area contributed by atoms with Crippen LogP contribution in [0.4, 0.5) is 0 Å². The Morgan fingerprint density at radius 1 is 1.20 bits per heavy atom. The zero-order chi connectivity index (χ0) is 17.3. The number of amides is 1. The molecule has 1 amide bonds. The highest BCUT2D eigenvalue weighted by atomic mass is 16.5. The predicted molar refractivity (Wildman–Crippen MR) is 94.3 cm³/mol. The van der Waals surface area contributed by atoms with Crippen molar-refractivity contribution in [3.63, 3.8) is 0 Å². The van der Waals surface area contributed by atoms with Gasteiger partial charge in [-0.3, -0.25) is 4.79 Å². The summed E-state index contributed by atoms with van der Waals surface area (Å²) in [5.41, 5.74) is 2.46. The van der Waals surface area contributed by atoms with Gasteiger partial charge in [-0.25, -0.2) is 0 Å². The SMILES string of the molecule is CCc1onc(-c2ccccc2)c1C(=O)N1CCC2(CCOCC2)C1. The highest BCUT2D eigenvalue weighted by Gasteiger charge is 2.42. The minimum atomic E-state index is 0.0559. The number of carbonyl (C=O) groups is 1. The van der Waals surface area contributed by atoms with Crippen LogP contribution in [0.25, 0.3) is 11.3 Å². The Morgan fingerprint density at radius 3 is 2.68 bits per heavy atom. The van der Waals surface area contributed by atoms with Crippen LogP contribution in [0.1, 0.15) is 42.3 Å². The molecule has 0 aliphatic carbocycles. The van der Waals surface area contributed by atoms with Gasteiger partial charge < -0.3 is 14.2 Å². The number of ether oxygens (including phenoxy) is 1. The van der Waals surface area contributed by atoms with Gasteiger partial charge in [0.2, 0.25) is 0 Å². The van der Waals surface area contributed by atoms with Crippen LogP contribution in [0.5, 0.6) is 0 Å². The molecule has 0 N–H and O–H groups in total. The Labute approximate surface area is 147 Å². The van der Waals surface area contributed by atoms with Gasteiger partial charge >= 0.3 is 0 Å². The molecular formula is C20H24N2O3. The number of nitrogens with zero attached hydrogens (tertiary/aromatic N) is 2. The molecule has 0 unspecified atom stereocenters. The molecule has 1 spiro atoms. The summed E-state index contributed by atoms with van der Waals surface area (Å²) in [4.78, 5) is 15.3. The first-order chi connectivity index (χ1) is 12.2. The van der Waals surface area contributed by atoms with Crippen LogP contribution in [0.15, 0.2) is 34.9 Å². The fraction of sp³-hybridized carbons (Fsp3) is 0.500. The van der Waals surface area contributed by atoms with Gasteiger partial charge in [0.25, 0.3) is 5.91 Å². The Kier molecular flexibility index (Phi) is 4.34. The number of rotatable bonds is 3. The maximum absolute atomic E-state index is 13.3. The van der Waals surface area contributed by atoms with Crippen LogP contribution in [0, 0.1) is 5.41 Å². The molecule has 5 nitrogen and oxygen atoms in total. The number of aryl methyl sites for hydroxylation is 1. The van der Waals surface area contributed by atoms with Gasteiger partial charge in [-0.1, -0.05) is 42.4 Å². The molecule has 1 aromatic heterocycles. The van der Waals surface area contributed by atoms with E-state index in [4.69, 9.17) is 9.26 Å². The van der Waals surface area contributed by atoms with Gasteiger partial charge in [-0.05, 0) is 24.7 Å². The van der Waals surface area contributed by atoms with Crippen LogP contribution < -0.4 is 0 Å². The standard InChI is InChI=1S/C20H24N2O3/c1-2-16-17(18(21-25-16)15-6-4-3-5-7-15)19(23)22-11-8-20(14-22)9-12-24-13-10-20/h3-7H,2,8-14H2,1H3. The van der Waals surface area contributed by atoms with Gasteiger partial charge in [-0.15, -0.1) is 0 Å². The monoisotopic (exact) mass is 340 g/mol. The van der Waals surface area contributed by atoms with Crippen LogP contribution in [0.3, 0.4) is 0 Å². The predicted octanol–water partition coefficient (Wildman–Crippen LogP) is 3.55. The summed E-state index contributed by atoms with van der Waals surface area (Å²) in [6.45, 7) is 5.24. The summed E-state index contributed by atoms with van der Waals surface area (Å²) >= 11 is 0. The molecule has 0 radical (unpaired) electrons. The van der Waals surface area contributed by atoms with Crippen molar-refractivity contribution in [2.75, 3.05) is 26.3 Å². The molecule has 132 valence electrons. The van der Waals surface area contributed by atoms with Crippen molar-refractivity contribution in [1.29, 1.82) is 0 Å². The first kappa shape index (κ1) is 16.3. The second kappa shape index (κ2) is 6.64. The number of carbonyl (C=O) groups excluding carboxylic acids is 1. The van der Waals surface area contributed by atoms with E-state index in [0.717, 1.165) is 51.1 Å². The normalized spacial score (nSPS) is 19.5. The number of hydrogen-bond donors (Lipinski definition) is 0. The molecule has 1 aromatic carbocycles. The topological polar surface area (TPSA) is 55.6 Å². The summed E-state index contributed by atoms with van der Waals surface area (Å²) in [6, 6.07) is 9.81.